The van der Waals surface area contributed by atoms with Crippen LogP contribution in [0.25, 0.3) is 28.2 Å². The fourth-order valence-corrected chi connectivity index (χ4v) is 3.09. The Balaban J connectivity index is 1.90. The lowest BCUT2D eigenvalue weighted by Gasteiger charge is -2.27. The van der Waals surface area contributed by atoms with E-state index in [4.69, 9.17) is 13.9 Å². The van der Waals surface area contributed by atoms with Crippen LogP contribution < -0.4 is 15.1 Å². The molecule has 1 aromatic heterocycles. The lowest BCUT2D eigenvalue weighted by Crippen LogP contribution is -2.27. The van der Waals surface area contributed by atoms with Crippen molar-refractivity contribution in [1.82, 2.24) is 0 Å². The smallest absolute Gasteiger partial charge is 0.344 e. The number of hydrogen-bond donors (Lipinski definition) is 1. The number of phenols is 1. The SMILES string of the molecule is COc1ccc(-c2cc3ccc4c(c3oc2=O)C=CC(C)(C)O4)c(O)c1. The molecule has 3 aromatic rings. The molecular formula is C21H18O5. The van der Waals surface area contributed by atoms with E-state index >= 15 is 0 Å². The molecule has 0 aliphatic carbocycles. The van der Waals surface area contributed by atoms with Gasteiger partial charge < -0.3 is 19.0 Å². The molecule has 0 radical (unpaired) electrons. The van der Waals surface area contributed by atoms with Gasteiger partial charge in [-0.25, -0.2) is 4.79 Å². The van der Waals surface area contributed by atoms with Gasteiger partial charge in [0.25, 0.3) is 0 Å². The molecule has 1 N–H and O–H groups in total. The van der Waals surface area contributed by atoms with Gasteiger partial charge in [-0.1, -0.05) is 0 Å². The van der Waals surface area contributed by atoms with Crippen LogP contribution in [0.5, 0.6) is 17.2 Å². The second-order valence-electron chi connectivity index (χ2n) is 6.77. The van der Waals surface area contributed by atoms with Gasteiger partial charge in [-0.3, -0.25) is 0 Å². The Morgan fingerprint density at radius 3 is 2.62 bits per heavy atom. The van der Waals surface area contributed by atoms with Crippen molar-refractivity contribution in [2.75, 3.05) is 7.11 Å². The van der Waals surface area contributed by atoms with Crippen LogP contribution in [0.2, 0.25) is 0 Å². The monoisotopic (exact) mass is 350 g/mol. The second-order valence-corrected chi connectivity index (χ2v) is 6.77. The molecule has 1 aliphatic rings. The first kappa shape index (κ1) is 16.3. The Bertz CT molecular complexity index is 1110. The van der Waals surface area contributed by atoms with Gasteiger partial charge in [-0.2, -0.15) is 0 Å². The van der Waals surface area contributed by atoms with Crippen molar-refractivity contribution < 1.29 is 19.0 Å². The van der Waals surface area contributed by atoms with Gasteiger partial charge in [0.15, 0.2) is 0 Å². The first-order chi connectivity index (χ1) is 12.4. The van der Waals surface area contributed by atoms with Crippen molar-refractivity contribution in [1.29, 1.82) is 0 Å². The van der Waals surface area contributed by atoms with E-state index in [2.05, 4.69) is 0 Å². The molecule has 0 bridgehead atoms. The summed E-state index contributed by atoms with van der Waals surface area (Å²) in [7, 11) is 1.51. The van der Waals surface area contributed by atoms with Crippen LogP contribution in [0, 0.1) is 0 Å². The highest BCUT2D eigenvalue weighted by molar-refractivity contribution is 5.91. The molecule has 132 valence electrons. The van der Waals surface area contributed by atoms with Gasteiger partial charge in [0.05, 0.1) is 18.2 Å². The maximum Gasteiger partial charge on any atom is 0.344 e. The van der Waals surface area contributed by atoms with Gasteiger partial charge in [-0.15, -0.1) is 0 Å². The summed E-state index contributed by atoms with van der Waals surface area (Å²) < 4.78 is 16.6. The minimum absolute atomic E-state index is 0.0426. The zero-order valence-corrected chi connectivity index (χ0v) is 14.7. The molecule has 0 spiro atoms. The fraction of sp³-hybridized carbons (Fsp3) is 0.190. The van der Waals surface area contributed by atoms with Crippen molar-refractivity contribution in [3.63, 3.8) is 0 Å². The molecule has 0 fully saturated rings. The van der Waals surface area contributed by atoms with Crippen LogP contribution in [-0.2, 0) is 0 Å². The third-order valence-electron chi connectivity index (χ3n) is 4.42. The highest BCUT2D eigenvalue weighted by Gasteiger charge is 2.24. The highest BCUT2D eigenvalue weighted by atomic mass is 16.5. The maximum absolute atomic E-state index is 12.6. The number of ether oxygens (including phenoxy) is 2. The van der Waals surface area contributed by atoms with E-state index in [9.17, 15) is 9.90 Å². The van der Waals surface area contributed by atoms with Crippen LogP contribution >= 0.6 is 0 Å². The zero-order valence-electron chi connectivity index (χ0n) is 14.7. The van der Waals surface area contributed by atoms with E-state index in [1.165, 1.54) is 13.2 Å². The number of aromatic hydroxyl groups is 1. The molecule has 4 rings (SSSR count). The van der Waals surface area contributed by atoms with Gasteiger partial charge in [0.1, 0.15) is 28.4 Å². The standard InChI is InChI=1S/C21H18O5/c1-21(2)9-8-15-18(26-21)7-4-12-10-16(20(23)25-19(12)15)14-6-5-13(24-3)11-17(14)22/h4-11,22H,1-3H3. The topological polar surface area (TPSA) is 68.9 Å². The molecule has 0 saturated carbocycles. The van der Waals surface area contributed by atoms with Crippen LogP contribution in [-0.4, -0.2) is 17.8 Å². The molecule has 2 aromatic carbocycles. The molecule has 1 aliphatic heterocycles. The molecule has 0 atom stereocenters. The third kappa shape index (κ3) is 2.62. The number of phenolic OH excluding ortho intramolecular Hbond substituents is 1. The lowest BCUT2D eigenvalue weighted by atomic mass is 9.99. The molecule has 0 saturated heterocycles. The summed E-state index contributed by atoms with van der Waals surface area (Å²) in [4.78, 5) is 12.6. The van der Waals surface area contributed by atoms with E-state index in [0.29, 0.717) is 28.2 Å². The highest BCUT2D eigenvalue weighted by Crippen LogP contribution is 2.37. The maximum atomic E-state index is 12.6. The molecule has 5 nitrogen and oxygen atoms in total. The third-order valence-corrected chi connectivity index (χ3v) is 4.42. The van der Waals surface area contributed by atoms with Crippen LogP contribution in [0.4, 0.5) is 0 Å². The number of hydrogen-bond acceptors (Lipinski definition) is 5. The van der Waals surface area contributed by atoms with Gasteiger partial charge >= 0.3 is 5.63 Å². The van der Waals surface area contributed by atoms with Crippen LogP contribution in [0.3, 0.4) is 0 Å². The number of fused-ring (bicyclic) bond motifs is 3. The predicted octanol–water partition coefficient (Wildman–Crippen LogP) is 4.36. The summed E-state index contributed by atoms with van der Waals surface area (Å²) in [5.41, 5.74) is 0.964. The first-order valence-corrected chi connectivity index (χ1v) is 8.24. The molecule has 5 heteroatoms. The Hall–Kier alpha value is -3.21. The lowest BCUT2D eigenvalue weighted by molar-refractivity contribution is 0.159. The number of methoxy groups -OCH3 is 1. The second kappa shape index (κ2) is 5.66. The molecule has 26 heavy (non-hydrogen) atoms. The zero-order chi connectivity index (χ0) is 18.5. The van der Waals surface area contributed by atoms with Gasteiger partial charge in [-0.05, 0) is 56.3 Å². The Kier molecular flexibility index (Phi) is 3.54. The first-order valence-electron chi connectivity index (χ1n) is 8.24. The van der Waals surface area contributed by atoms with E-state index in [0.717, 1.165) is 10.9 Å². The summed E-state index contributed by atoms with van der Waals surface area (Å²) in [6.45, 7) is 3.92. The Labute approximate surface area is 150 Å². The number of rotatable bonds is 2. The van der Waals surface area contributed by atoms with Crippen LogP contribution in [0.15, 0.2) is 51.7 Å². The van der Waals surface area contributed by atoms with Crippen LogP contribution in [0.1, 0.15) is 19.4 Å². The van der Waals surface area contributed by atoms with E-state index in [1.807, 2.05) is 38.1 Å². The summed E-state index contributed by atoms with van der Waals surface area (Å²) in [6, 6.07) is 10.2. The fourth-order valence-electron chi connectivity index (χ4n) is 3.09. The predicted molar refractivity (Wildman–Crippen MR) is 99.9 cm³/mol. The van der Waals surface area contributed by atoms with Crippen molar-refractivity contribution in [3.8, 4) is 28.4 Å². The molecule has 2 heterocycles. The van der Waals surface area contributed by atoms with Crippen molar-refractivity contribution in [3.05, 3.63) is 58.5 Å². The Morgan fingerprint density at radius 2 is 1.88 bits per heavy atom. The van der Waals surface area contributed by atoms with Crippen molar-refractivity contribution in [2.45, 2.75) is 19.4 Å². The quantitative estimate of drug-likeness (QED) is 0.696. The normalized spacial score (nSPS) is 14.7. The van der Waals surface area contributed by atoms with Gasteiger partial charge in [0.2, 0.25) is 0 Å². The van der Waals surface area contributed by atoms with E-state index in [-0.39, 0.29) is 5.75 Å². The Morgan fingerprint density at radius 1 is 1.08 bits per heavy atom. The average Bonchev–Trinajstić information content (AvgIpc) is 2.60. The minimum atomic E-state index is -0.524. The molecular weight excluding hydrogens is 332 g/mol. The summed E-state index contributed by atoms with van der Waals surface area (Å²) >= 11 is 0. The van der Waals surface area contributed by atoms with Crippen molar-refractivity contribution in [2.24, 2.45) is 0 Å². The number of benzene rings is 2. The molecule has 0 amide bonds. The molecule has 0 unspecified atom stereocenters. The van der Waals surface area contributed by atoms with Crippen molar-refractivity contribution >= 4 is 17.0 Å². The van der Waals surface area contributed by atoms with Gasteiger partial charge in [0, 0.05) is 17.0 Å². The largest absolute Gasteiger partial charge is 0.507 e. The summed E-state index contributed by atoms with van der Waals surface area (Å²) in [6.07, 6.45) is 3.84. The minimum Gasteiger partial charge on any atom is -0.507 e. The summed E-state index contributed by atoms with van der Waals surface area (Å²) in [5.74, 6) is 1.14. The van der Waals surface area contributed by atoms with E-state index < -0.39 is 11.2 Å². The van der Waals surface area contributed by atoms with E-state index in [1.54, 1.807) is 18.2 Å². The average molecular weight is 350 g/mol. The summed E-state index contributed by atoms with van der Waals surface area (Å²) in [5, 5.41) is 11.0.